The van der Waals surface area contributed by atoms with Crippen LogP contribution in [0.1, 0.15) is 56.7 Å². The molecule has 0 aliphatic heterocycles. The van der Waals surface area contributed by atoms with Crippen molar-refractivity contribution >= 4 is 0 Å². The van der Waals surface area contributed by atoms with Gasteiger partial charge in [0.15, 0.2) is 5.82 Å². The smallest absolute Gasteiger partial charge is 0.229 e. The maximum absolute atomic E-state index is 5.20. The van der Waals surface area contributed by atoms with Crippen LogP contribution < -0.4 is 0 Å². The van der Waals surface area contributed by atoms with E-state index in [4.69, 9.17) is 4.52 Å². The van der Waals surface area contributed by atoms with Crippen LogP contribution in [-0.2, 0) is 19.4 Å². The number of aryl methyl sites for hydroxylation is 2. The molecule has 18 heavy (non-hydrogen) atoms. The Morgan fingerprint density at radius 3 is 2.61 bits per heavy atom. The fourth-order valence-electron chi connectivity index (χ4n) is 1.81. The monoisotopic (exact) mass is 248 g/mol. The predicted molar refractivity (Wildman–Crippen MR) is 68.5 cm³/mol. The molecule has 2 aromatic heterocycles. The average Bonchev–Trinajstić information content (AvgIpc) is 2.96. The molecule has 0 aliphatic carbocycles. The molecule has 0 N–H and O–H groups in total. The highest BCUT2D eigenvalue weighted by Gasteiger charge is 2.12. The summed E-state index contributed by atoms with van der Waals surface area (Å²) in [5.41, 5.74) is 2.32. The molecule has 0 amide bonds. The normalized spacial score (nSPS) is 11.4. The Morgan fingerprint density at radius 2 is 2.06 bits per heavy atom. The SMILES string of the molecule is CCc1cc(CC)n(Cc2noc(C(C)C)n2)n1. The van der Waals surface area contributed by atoms with E-state index < -0.39 is 0 Å². The molecule has 0 unspecified atom stereocenters. The molecule has 0 radical (unpaired) electrons. The summed E-state index contributed by atoms with van der Waals surface area (Å²) in [6, 6.07) is 2.14. The standard InChI is InChI=1S/C13H20N4O/c1-5-10-7-11(6-2)17(15-10)8-12-14-13(9(3)4)18-16-12/h7,9H,5-6,8H2,1-4H3. The highest BCUT2D eigenvalue weighted by molar-refractivity contribution is 5.11. The maximum Gasteiger partial charge on any atom is 0.229 e. The first-order chi connectivity index (χ1) is 8.63. The molecule has 5 nitrogen and oxygen atoms in total. The predicted octanol–water partition coefficient (Wildman–Crippen LogP) is 2.56. The molecule has 0 saturated heterocycles. The summed E-state index contributed by atoms with van der Waals surface area (Å²) in [5.74, 6) is 1.64. The fourth-order valence-corrected chi connectivity index (χ4v) is 1.81. The van der Waals surface area contributed by atoms with Gasteiger partial charge in [0.25, 0.3) is 0 Å². The lowest BCUT2D eigenvalue weighted by atomic mass is 10.2. The summed E-state index contributed by atoms with van der Waals surface area (Å²) < 4.78 is 7.17. The van der Waals surface area contributed by atoms with Crippen LogP contribution in [0, 0.1) is 0 Å². The van der Waals surface area contributed by atoms with Crippen molar-refractivity contribution in [3.63, 3.8) is 0 Å². The molecule has 98 valence electrons. The fraction of sp³-hybridized carbons (Fsp3) is 0.615. The van der Waals surface area contributed by atoms with Gasteiger partial charge in [0.2, 0.25) is 5.89 Å². The lowest BCUT2D eigenvalue weighted by molar-refractivity contribution is 0.359. The molecule has 2 rings (SSSR count). The molecule has 0 atom stereocenters. The second-order valence-electron chi connectivity index (χ2n) is 4.70. The van der Waals surface area contributed by atoms with Gasteiger partial charge in [0.05, 0.1) is 5.69 Å². The average molecular weight is 248 g/mol. The van der Waals surface area contributed by atoms with Crippen molar-refractivity contribution in [1.29, 1.82) is 0 Å². The third-order valence-corrected chi connectivity index (χ3v) is 2.91. The second-order valence-corrected chi connectivity index (χ2v) is 4.70. The maximum atomic E-state index is 5.20. The third kappa shape index (κ3) is 2.60. The number of aromatic nitrogens is 4. The molecule has 0 saturated carbocycles. The molecular weight excluding hydrogens is 228 g/mol. The molecule has 0 bridgehead atoms. The van der Waals surface area contributed by atoms with Gasteiger partial charge in [-0.05, 0) is 18.9 Å². The van der Waals surface area contributed by atoms with Crippen LogP contribution >= 0.6 is 0 Å². The van der Waals surface area contributed by atoms with Crippen molar-refractivity contribution in [2.45, 2.75) is 53.0 Å². The molecule has 2 heterocycles. The van der Waals surface area contributed by atoms with Crippen molar-refractivity contribution in [1.82, 2.24) is 19.9 Å². The zero-order chi connectivity index (χ0) is 13.1. The first-order valence-electron chi connectivity index (χ1n) is 6.52. The lowest BCUT2D eigenvalue weighted by Crippen LogP contribution is -2.07. The Balaban J connectivity index is 2.19. The van der Waals surface area contributed by atoms with Gasteiger partial charge in [-0.25, -0.2) is 0 Å². The molecule has 0 spiro atoms. The summed E-state index contributed by atoms with van der Waals surface area (Å²) in [5, 5.41) is 8.54. The van der Waals surface area contributed by atoms with E-state index in [0.717, 1.165) is 18.5 Å². The van der Waals surface area contributed by atoms with Gasteiger partial charge in [-0.1, -0.05) is 32.9 Å². The van der Waals surface area contributed by atoms with E-state index in [-0.39, 0.29) is 5.92 Å². The Kier molecular flexibility index (Phi) is 3.79. The van der Waals surface area contributed by atoms with E-state index in [1.807, 2.05) is 18.5 Å². The molecule has 2 aromatic rings. The Morgan fingerprint density at radius 1 is 1.28 bits per heavy atom. The van der Waals surface area contributed by atoms with Crippen LogP contribution in [0.25, 0.3) is 0 Å². The second kappa shape index (κ2) is 5.33. The van der Waals surface area contributed by atoms with Crippen LogP contribution in [0.5, 0.6) is 0 Å². The molecule has 0 aromatic carbocycles. The molecular formula is C13H20N4O. The Bertz CT molecular complexity index is 513. The van der Waals surface area contributed by atoms with Crippen LogP contribution in [0.2, 0.25) is 0 Å². The quantitative estimate of drug-likeness (QED) is 0.816. The topological polar surface area (TPSA) is 56.7 Å². The number of hydrogen-bond donors (Lipinski definition) is 0. The largest absolute Gasteiger partial charge is 0.339 e. The van der Waals surface area contributed by atoms with E-state index in [1.165, 1.54) is 5.69 Å². The zero-order valence-electron chi connectivity index (χ0n) is 11.5. The number of hydrogen-bond acceptors (Lipinski definition) is 4. The van der Waals surface area contributed by atoms with Crippen LogP contribution in [0.4, 0.5) is 0 Å². The van der Waals surface area contributed by atoms with Crippen LogP contribution in [0.15, 0.2) is 10.6 Å². The summed E-state index contributed by atoms with van der Waals surface area (Å²) >= 11 is 0. The van der Waals surface area contributed by atoms with E-state index in [9.17, 15) is 0 Å². The third-order valence-electron chi connectivity index (χ3n) is 2.91. The Labute approximate surface area is 107 Å². The summed E-state index contributed by atoms with van der Waals surface area (Å²) in [7, 11) is 0. The molecule has 0 fully saturated rings. The van der Waals surface area contributed by atoms with Gasteiger partial charge in [-0.15, -0.1) is 0 Å². The number of nitrogens with zero attached hydrogens (tertiary/aromatic N) is 4. The minimum atomic E-state index is 0.265. The van der Waals surface area contributed by atoms with Crippen molar-refractivity contribution in [2.75, 3.05) is 0 Å². The van der Waals surface area contributed by atoms with Crippen molar-refractivity contribution in [3.05, 3.63) is 29.2 Å². The molecule has 5 heteroatoms. The van der Waals surface area contributed by atoms with Crippen molar-refractivity contribution in [2.24, 2.45) is 0 Å². The van der Waals surface area contributed by atoms with Gasteiger partial charge in [0, 0.05) is 11.6 Å². The van der Waals surface area contributed by atoms with Gasteiger partial charge >= 0.3 is 0 Å². The van der Waals surface area contributed by atoms with Gasteiger partial charge in [-0.2, -0.15) is 10.1 Å². The van der Waals surface area contributed by atoms with Gasteiger partial charge in [-0.3, -0.25) is 4.68 Å². The highest BCUT2D eigenvalue weighted by atomic mass is 16.5. The molecule has 0 aliphatic rings. The highest BCUT2D eigenvalue weighted by Crippen LogP contribution is 2.13. The Hall–Kier alpha value is -1.65. The van der Waals surface area contributed by atoms with Crippen LogP contribution in [-0.4, -0.2) is 19.9 Å². The summed E-state index contributed by atoms with van der Waals surface area (Å²) in [6.07, 6.45) is 1.91. The van der Waals surface area contributed by atoms with E-state index in [2.05, 4.69) is 35.2 Å². The van der Waals surface area contributed by atoms with Crippen molar-refractivity contribution in [3.8, 4) is 0 Å². The lowest BCUT2D eigenvalue weighted by Gasteiger charge is -2.01. The first-order valence-corrected chi connectivity index (χ1v) is 6.52. The van der Waals surface area contributed by atoms with E-state index >= 15 is 0 Å². The summed E-state index contributed by atoms with van der Waals surface area (Å²) in [6.45, 7) is 8.90. The van der Waals surface area contributed by atoms with E-state index in [0.29, 0.717) is 18.3 Å². The van der Waals surface area contributed by atoms with Gasteiger partial charge < -0.3 is 4.52 Å². The first kappa shape index (κ1) is 12.8. The summed E-state index contributed by atoms with van der Waals surface area (Å²) in [4.78, 5) is 4.38. The van der Waals surface area contributed by atoms with Gasteiger partial charge in [0.1, 0.15) is 6.54 Å². The van der Waals surface area contributed by atoms with Crippen molar-refractivity contribution < 1.29 is 4.52 Å². The minimum absolute atomic E-state index is 0.265. The van der Waals surface area contributed by atoms with E-state index in [1.54, 1.807) is 0 Å². The zero-order valence-corrected chi connectivity index (χ0v) is 11.5. The minimum Gasteiger partial charge on any atom is -0.339 e. The number of rotatable bonds is 5. The van der Waals surface area contributed by atoms with Crippen LogP contribution in [0.3, 0.4) is 0 Å².